The maximum Gasteiger partial charge on any atom is 0.268 e. The average molecular weight is 896 g/mol. The predicted molar refractivity (Wildman–Crippen MR) is 238 cm³/mol. The van der Waals surface area contributed by atoms with Crippen molar-refractivity contribution in [1.82, 2.24) is 62.2 Å². The Morgan fingerprint density at radius 3 is 2.09 bits per heavy atom. The highest BCUT2D eigenvalue weighted by Crippen LogP contribution is 2.31. The van der Waals surface area contributed by atoms with Crippen molar-refractivity contribution in [2.45, 2.75) is 56.5 Å². The third kappa shape index (κ3) is 14.4. The summed E-state index contributed by atoms with van der Waals surface area (Å²) in [5.41, 5.74) is 0.353. The molecule has 20 heteroatoms. The molecular formula is C44H67F2N13O5. The standard InChI is InChI=1S/C44H67F2N13O5/c1-42-26-48-10-13-51-29-43(30-52-14-11-49-27-42,31-53-15-12-50-28-42)56-38(60)4-2-5-39(61)58-19-17-57(18-20-58)16-3-21-64-34-6-7-37-36(22-34)35(8-9-54-37)41(63)55-25-40(62)59-32-44(45,46)23-33(59)24-47/h6-9,22,33,48-53H,2-5,10-21,23,25-32H2,1H3,(H,55,63)(H,56,60). The minimum atomic E-state index is -3.15. The van der Waals surface area contributed by atoms with Gasteiger partial charge in [0.05, 0.1) is 42.4 Å². The van der Waals surface area contributed by atoms with Gasteiger partial charge in [-0.15, -0.1) is 0 Å². The Kier molecular flexibility index (Phi) is 18.0. The molecule has 1 aromatic heterocycles. The lowest BCUT2D eigenvalue weighted by molar-refractivity contribution is -0.133. The van der Waals surface area contributed by atoms with Gasteiger partial charge < -0.3 is 57.1 Å². The Bertz CT molecular complexity index is 1880. The van der Waals surface area contributed by atoms with Crippen molar-refractivity contribution in [2.24, 2.45) is 5.41 Å². The second-order valence-electron chi connectivity index (χ2n) is 17.9. The first-order valence-corrected chi connectivity index (χ1v) is 22.8. The maximum absolute atomic E-state index is 13.8. The number of likely N-dealkylation sites (tertiary alicyclic amines) is 1. The number of alkyl halides is 2. The van der Waals surface area contributed by atoms with E-state index in [0.29, 0.717) is 68.8 Å². The topological polar surface area (TPSA) is 220 Å². The molecule has 2 aromatic rings. The smallest absolute Gasteiger partial charge is 0.268 e. The molecule has 0 saturated carbocycles. The second kappa shape index (κ2) is 23.5. The third-order valence-electron chi connectivity index (χ3n) is 12.4. The Balaban J connectivity index is 0.893. The summed E-state index contributed by atoms with van der Waals surface area (Å²) in [6.45, 7) is 14.2. The first-order chi connectivity index (χ1) is 30.9. The minimum absolute atomic E-state index is 0.0558. The minimum Gasteiger partial charge on any atom is -0.494 e. The molecule has 5 aliphatic heterocycles. The number of fused-ring (bicyclic) bond motifs is 16. The molecule has 7 rings (SSSR count). The number of pyridine rings is 1. The quantitative estimate of drug-likeness (QED) is 0.116. The van der Waals surface area contributed by atoms with Gasteiger partial charge in [-0.3, -0.25) is 29.1 Å². The zero-order chi connectivity index (χ0) is 45.4. The van der Waals surface area contributed by atoms with E-state index in [-0.39, 0.29) is 29.2 Å². The summed E-state index contributed by atoms with van der Waals surface area (Å²) in [6.07, 6.45) is 2.54. The van der Waals surface area contributed by atoms with E-state index in [1.165, 1.54) is 12.3 Å². The largest absolute Gasteiger partial charge is 0.494 e. The number of hydrogen-bond donors (Lipinski definition) is 8. The molecule has 5 fully saturated rings. The van der Waals surface area contributed by atoms with Crippen molar-refractivity contribution in [3.8, 4) is 11.8 Å². The third-order valence-corrected chi connectivity index (χ3v) is 12.4. The SMILES string of the molecule is CC12CNCCNCC(NC(=O)CCCC(=O)N3CCN(CCCOc4ccc5nccc(C(=O)NCC(=O)N6CC(F)(F)CC6C#N)c5c4)CC3)(CNCCNC1)CNCCNC2. The van der Waals surface area contributed by atoms with Crippen LogP contribution in [0.2, 0.25) is 0 Å². The van der Waals surface area contributed by atoms with Gasteiger partial charge in [-0.05, 0) is 37.1 Å². The van der Waals surface area contributed by atoms with Crippen LogP contribution in [0.5, 0.6) is 5.75 Å². The summed E-state index contributed by atoms with van der Waals surface area (Å²) in [6, 6.07) is 7.21. The van der Waals surface area contributed by atoms with Gasteiger partial charge in [0.25, 0.3) is 11.8 Å². The van der Waals surface area contributed by atoms with Crippen LogP contribution in [0.4, 0.5) is 8.78 Å². The number of rotatable bonds is 13. The molecule has 0 aliphatic carbocycles. The van der Waals surface area contributed by atoms with E-state index in [9.17, 15) is 33.2 Å². The van der Waals surface area contributed by atoms with Gasteiger partial charge in [0.15, 0.2) is 0 Å². The number of nitrogens with zero attached hydrogens (tertiary/aromatic N) is 5. The van der Waals surface area contributed by atoms with Crippen molar-refractivity contribution in [3.63, 3.8) is 0 Å². The lowest BCUT2D eigenvalue weighted by Crippen LogP contribution is -2.66. The van der Waals surface area contributed by atoms with Gasteiger partial charge >= 0.3 is 0 Å². The number of hydrogen-bond acceptors (Lipinski definition) is 14. The molecule has 4 amide bonds. The zero-order valence-corrected chi connectivity index (χ0v) is 37.2. The Labute approximate surface area is 374 Å². The fourth-order valence-electron chi connectivity index (χ4n) is 8.77. The molecule has 6 heterocycles. The summed E-state index contributed by atoms with van der Waals surface area (Å²) in [7, 11) is 0. The van der Waals surface area contributed by atoms with Crippen LogP contribution in [0, 0.1) is 16.7 Å². The Morgan fingerprint density at radius 2 is 1.47 bits per heavy atom. The van der Waals surface area contributed by atoms with Crippen LogP contribution in [0.3, 0.4) is 0 Å². The number of nitriles is 1. The van der Waals surface area contributed by atoms with Crippen molar-refractivity contribution in [2.75, 3.05) is 131 Å². The molecule has 1 unspecified atom stereocenters. The van der Waals surface area contributed by atoms with E-state index in [1.54, 1.807) is 24.3 Å². The molecule has 2 bridgehead atoms. The maximum atomic E-state index is 13.8. The van der Waals surface area contributed by atoms with E-state index < -0.39 is 48.8 Å². The summed E-state index contributed by atoms with van der Waals surface area (Å²) >= 11 is 0. The molecule has 0 radical (unpaired) electrons. The number of carbonyl (C=O) groups excluding carboxylic acids is 4. The van der Waals surface area contributed by atoms with Crippen LogP contribution in [0.1, 0.15) is 49.4 Å². The molecule has 352 valence electrons. The van der Waals surface area contributed by atoms with Crippen molar-refractivity contribution < 1.29 is 32.7 Å². The molecule has 1 atom stereocenters. The molecule has 1 aromatic carbocycles. The van der Waals surface area contributed by atoms with E-state index in [2.05, 4.69) is 59.3 Å². The van der Waals surface area contributed by atoms with E-state index >= 15 is 0 Å². The lowest BCUT2D eigenvalue weighted by atomic mass is 9.90. The second-order valence-corrected chi connectivity index (χ2v) is 17.9. The molecule has 5 aliphatic rings. The number of halogens is 2. The van der Waals surface area contributed by atoms with E-state index in [4.69, 9.17) is 4.74 Å². The van der Waals surface area contributed by atoms with E-state index in [1.807, 2.05) is 4.90 Å². The lowest BCUT2D eigenvalue weighted by Gasteiger charge is -2.37. The zero-order valence-electron chi connectivity index (χ0n) is 37.2. The number of benzene rings is 1. The number of nitrogens with one attached hydrogen (secondary N) is 8. The highest BCUT2D eigenvalue weighted by atomic mass is 19.3. The van der Waals surface area contributed by atoms with E-state index in [0.717, 1.165) is 89.9 Å². The van der Waals surface area contributed by atoms with Gasteiger partial charge in [0.1, 0.15) is 11.8 Å². The summed E-state index contributed by atoms with van der Waals surface area (Å²) < 4.78 is 33.7. The molecule has 5 saturated heterocycles. The number of aromatic nitrogens is 1. The van der Waals surface area contributed by atoms with Crippen LogP contribution in [0.25, 0.3) is 10.9 Å². The average Bonchev–Trinajstić information content (AvgIpc) is 3.61. The van der Waals surface area contributed by atoms with Gasteiger partial charge in [0, 0.05) is 148 Å². The van der Waals surface area contributed by atoms with Crippen LogP contribution >= 0.6 is 0 Å². The van der Waals surface area contributed by atoms with Crippen LogP contribution in [-0.2, 0) is 14.4 Å². The van der Waals surface area contributed by atoms with Crippen LogP contribution in [0.15, 0.2) is 30.5 Å². The van der Waals surface area contributed by atoms with Crippen LogP contribution in [-0.4, -0.2) is 192 Å². The molecule has 8 N–H and O–H groups in total. The summed E-state index contributed by atoms with van der Waals surface area (Å²) in [5.74, 6) is -3.94. The highest BCUT2D eigenvalue weighted by molar-refractivity contribution is 6.07. The normalized spacial score (nSPS) is 25.2. The summed E-state index contributed by atoms with van der Waals surface area (Å²) in [4.78, 5) is 61.7. The summed E-state index contributed by atoms with van der Waals surface area (Å²) in [5, 5.41) is 37.1. The van der Waals surface area contributed by atoms with Crippen molar-refractivity contribution >= 4 is 34.5 Å². The first kappa shape index (κ1) is 48.8. The van der Waals surface area contributed by atoms with Gasteiger partial charge in [-0.1, -0.05) is 6.92 Å². The fourth-order valence-corrected chi connectivity index (χ4v) is 8.77. The number of carbonyl (C=O) groups is 4. The van der Waals surface area contributed by atoms with Gasteiger partial charge in [-0.25, -0.2) is 8.78 Å². The number of piperazine rings is 1. The van der Waals surface area contributed by atoms with Crippen molar-refractivity contribution in [3.05, 3.63) is 36.0 Å². The number of amides is 4. The van der Waals surface area contributed by atoms with Gasteiger partial charge in [-0.2, -0.15) is 5.26 Å². The van der Waals surface area contributed by atoms with Crippen LogP contribution < -0.4 is 47.3 Å². The molecule has 18 nitrogen and oxygen atoms in total. The monoisotopic (exact) mass is 896 g/mol. The Hall–Kier alpha value is -4.62. The predicted octanol–water partition coefficient (Wildman–Crippen LogP) is -0.766. The van der Waals surface area contributed by atoms with Gasteiger partial charge in [0.2, 0.25) is 17.7 Å². The fraction of sp³-hybridized carbons (Fsp3) is 0.682. The highest BCUT2D eigenvalue weighted by Gasteiger charge is 2.47. The Morgan fingerprint density at radius 1 is 0.844 bits per heavy atom. The molecule has 0 spiro atoms. The first-order valence-electron chi connectivity index (χ1n) is 22.8. The molecular weight excluding hydrogens is 829 g/mol. The number of ether oxygens (including phenoxy) is 1. The van der Waals surface area contributed by atoms with Crippen molar-refractivity contribution in [1.29, 1.82) is 5.26 Å². The molecule has 64 heavy (non-hydrogen) atoms.